The Morgan fingerprint density at radius 3 is 2.77 bits per heavy atom. The van der Waals surface area contributed by atoms with Crippen LogP contribution in [-0.4, -0.2) is 31.6 Å². The summed E-state index contributed by atoms with van der Waals surface area (Å²) < 4.78 is 14.8. The molecule has 3 aromatic rings. The fourth-order valence-electron chi connectivity index (χ4n) is 3.39. The molecule has 26 heavy (non-hydrogen) atoms. The third-order valence-corrected chi connectivity index (χ3v) is 5.76. The maximum atomic E-state index is 14.8. The number of nitrogens with zero attached hydrogens (tertiary/aromatic N) is 4. The Labute approximate surface area is 154 Å². The van der Waals surface area contributed by atoms with E-state index in [0.29, 0.717) is 18.7 Å². The largest absolute Gasteiger partial charge is 0.296 e. The summed E-state index contributed by atoms with van der Waals surface area (Å²) in [6.07, 6.45) is 4.80. The summed E-state index contributed by atoms with van der Waals surface area (Å²) in [4.78, 5) is 21.2. The Bertz CT molecular complexity index is 965. The van der Waals surface area contributed by atoms with Crippen LogP contribution in [0.15, 0.2) is 24.4 Å². The number of aromatic nitrogens is 4. The van der Waals surface area contributed by atoms with Crippen molar-refractivity contribution in [2.24, 2.45) is 0 Å². The van der Waals surface area contributed by atoms with Gasteiger partial charge in [-0.05, 0) is 38.7 Å². The second-order valence-corrected chi connectivity index (χ2v) is 7.99. The molecule has 0 spiro atoms. The van der Waals surface area contributed by atoms with Gasteiger partial charge in [0.2, 0.25) is 0 Å². The first-order valence-electron chi connectivity index (χ1n) is 8.82. The lowest BCUT2D eigenvalue weighted by atomic mass is 9.82. The van der Waals surface area contributed by atoms with Gasteiger partial charge in [0, 0.05) is 17.1 Å². The van der Waals surface area contributed by atoms with E-state index in [4.69, 9.17) is 0 Å². The predicted molar refractivity (Wildman–Crippen MR) is 98.8 cm³/mol. The highest BCUT2D eigenvalue weighted by Crippen LogP contribution is 2.33. The molecule has 0 atom stereocenters. The van der Waals surface area contributed by atoms with E-state index in [0.717, 1.165) is 45.7 Å². The predicted octanol–water partition coefficient (Wildman–Crippen LogP) is 4.24. The van der Waals surface area contributed by atoms with Crippen molar-refractivity contribution in [1.82, 2.24) is 20.2 Å². The number of hydrogen-bond acceptors (Lipinski definition) is 6. The van der Waals surface area contributed by atoms with Crippen molar-refractivity contribution < 1.29 is 9.18 Å². The van der Waals surface area contributed by atoms with Gasteiger partial charge in [0.15, 0.2) is 11.5 Å². The Morgan fingerprint density at radius 2 is 2.04 bits per heavy atom. The monoisotopic (exact) mass is 370 g/mol. The summed E-state index contributed by atoms with van der Waals surface area (Å²) in [6, 6.07) is 5.79. The Hall–Kier alpha value is -2.28. The van der Waals surface area contributed by atoms with Gasteiger partial charge < -0.3 is 0 Å². The molecule has 0 unspecified atom stereocenters. The van der Waals surface area contributed by atoms with Crippen molar-refractivity contribution >= 4 is 28.0 Å². The van der Waals surface area contributed by atoms with Gasteiger partial charge in [0.25, 0.3) is 0 Å². The molecule has 1 aliphatic rings. The molecule has 0 amide bonds. The second kappa shape index (κ2) is 6.79. The minimum Gasteiger partial charge on any atom is -0.296 e. The van der Waals surface area contributed by atoms with Gasteiger partial charge in [-0.1, -0.05) is 29.9 Å². The van der Waals surface area contributed by atoms with Crippen molar-refractivity contribution in [3.8, 4) is 10.6 Å². The molecule has 1 saturated carbocycles. The molecule has 0 radical (unpaired) electrons. The lowest BCUT2D eigenvalue weighted by Crippen LogP contribution is -2.37. The minimum absolute atomic E-state index is 0.0609. The van der Waals surface area contributed by atoms with Crippen LogP contribution in [0.3, 0.4) is 0 Å². The number of halogens is 1. The van der Waals surface area contributed by atoms with Crippen LogP contribution < -0.4 is 0 Å². The van der Waals surface area contributed by atoms with E-state index in [1.54, 1.807) is 6.20 Å². The van der Waals surface area contributed by atoms with Crippen LogP contribution in [0.4, 0.5) is 4.39 Å². The molecule has 1 aliphatic carbocycles. The molecule has 2 aromatic heterocycles. The molecule has 1 aromatic carbocycles. The zero-order valence-electron chi connectivity index (χ0n) is 14.5. The van der Waals surface area contributed by atoms with Gasteiger partial charge in [-0.3, -0.25) is 4.79 Å². The summed E-state index contributed by atoms with van der Waals surface area (Å²) in [6.45, 7) is 1.91. The first kappa shape index (κ1) is 17.1. The third-order valence-electron chi connectivity index (χ3n) is 4.87. The first-order valence-corrected chi connectivity index (χ1v) is 9.64. The number of hydrogen-bond donors (Lipinski definition) is 0. The summed E-state index contributed by atoms with van der Waals surface area (Å²) in [5.74, 6) is -0.0249. The summed E-state index contributed by atoms with van der Waals surface area (Å²) in [5.41, 5.74) is -0.0549. The Morgan fingerprint density at radius 1 is 1.23 bits per heavy atom. The van der Waals surface area contributed by atoms with Crippen molar-refractivity contribution in [1.29, 1.82) is 0 Å². The van der Waals surface area contributed by atoms with Gasteiger partial charge >= 0.3 is 0 Å². The van der Waals surface area contributed by atoms with Crippen LogP contribution in [0.5, 0.6) is 0 Å². The van der Waals surface area contributed by atoms with E-state index >= 15 is 0 Å². The van der Waals surface area contributed by atoms with E-state index in [1.165, 1.54) is 11.3 Å². The minimum atomic E-state index is -1.71. The number of Topliss-reactive ketones (excluding diaryl/α,β-unsaturated/α-hetero) is 1. The molecule has 5 nitrogen and oxygen atoms in total. The van der Waals surface area contributed by atoms with Gasteiger partial charge in [0.1, 0.15) is 15.8 Å². The van der Waals surface area contributed by atoms with Gasteiger partial charge in [-0.2, -0.15) is 0 Å². The highest BCUT2D eigenvalue weighted by molar-refractivity contribution is 7.14. The molecule has 0 N–H and O–H groups in total. The van der Waals surface area contributed by atoms with E-state index in [2.05, 4.69) is 20.2 Å². The number of rotatable bonds is 4. The number of carbonyl (C=O) groups is 1. The van der Waals surface area contributed by atoms with E-state index in [-0.39, 0.29) is 6.42 Å². The normalized spacial score (nSPS) is 16.7. The van der Waals surface area contributed by atoms with Gasteiger partial charge in [0.05, 0.1) is 11.9 Å². The molecular weight excluding hydrogens is 351 g/mol. The smallest absolute Gasteiger partial charge is 0.177 e. The highest BCUT2D eigenvalue weighted by Gasteiger charge is 2.39. The number of benzene rings is 1. The van der Waals surface area contributed by atoms with Crippen LogP contribution in [0.2, 0.25) is 0 Å². The summed E-state index contributed by atoms with van der Waals surface area (Å²) in [5, 5.41) is 10.8. The van der Waals surface area contributed by atoms with E-state index in [1.807, 2.05) is 25.1 Å². The SMILES string of the molecule is Cc1nnc(-c2ccc3cnc(CC(=O)C4(F)CCCCC4)nc3c2)s1. The third kappa shape index (κ3) is 3.35. The number of alkyl halides is 1. The van der Waals surface area contributed by atoms with Gasteiger partial charge in [-0.25, -0.2) is 14.4 Å². The zero-order valence-corrected chi connectivity index (χ0v) is 15.4. The molecule has 0 aliphatic heterocycles. The van der Waals surface area contributed by atoms with Crippen molar-refractivity contribution in [3.63, 3.8) is 0 Å². The summed E-state index contributed by atoms with van der Waals surface area (Å²) >= 11 is 1.51. The lowest BCUT2D eigenvalue weighted by molar-refractivity contribution is -0.132. The van der Waals surface area contributed by atoms with Crippen LogP contribution in [0.1, 0.15) is 42.9 Å². The number of carbonyl (C=O) groups excluding carboxylic acids is 1. The standard InChI is InChI=1S/C19H19FN4OS/c1-12-23-24-18(26-12)13-5-6-14-11-21-17(22-15(14)9-13)10-16(25)19(20)7-3-2-4-8-19/h5-6,9,11H,2-4,7-8,10H2,1H3. The van der Waals surface area contributed by atoms with Crippen LogP contribution in [0.25, 0.3) is 21.5 Å². The second-order valence-electron chi connectivity index (χ2n) is 6.81. The molecule has 2 heterocycles. The van der Waals surface area contributed by atoms with Crippen LogP contribution in [0, 0.1) is 6.92 Å². The van der Waals surface area contributed by atoms with Crippen molar-refractivity contribution in [2.45, 2.75) is 51.1 Å². The number of ketones is 1. The maximum absolute atomic E-state index is 14.8. The Kier molecular flexibility index (Phi) is 4.48. The molecular formula is C19H19FN4OS. The van der Waals surface area contributed by atoms with Crippen LogP contribution in [-0.2, 0) is 11.2 Å². The molecule has 134 valence electrons. The molecule has 1 fully saturated rings. The van der Waals surface area contributed by atoms with Crippen molar-refractivity contribution in [2.75, 3.05) is 0 Å². The molecule has 7 heteroatoms. The summed E-state index contributed by atoms with van der Waals surface area (Å²) in [7, 11) is 0. The maximum Gasteiger partial charge on any atom is 0.177 e. The van der Waals surface area contributed by atoms with Gasteiger partial charge in [-0.15, -0.1) is 10.2 Å². The first-order chi connectivity index (χ1) is 12.5. The Balaban J connectivity index is 1.61. The highest BCUT2D eigenvalue weighted by atomic mass is 32.1. The number of fused-ring (bicyclic) bond motifs is 1. The van der Waals surface area contributed by atoms with Crippen molar-refractivity contribution in [3.05, 3.63) is 35.2 Å². The quantitative estimate of drug-likeness (QED) is 0.687. The fourth-order valence-corrected chi connectivity index (χ4v) is 4.07. The van der Waals surface area contributed by atoms with E-state index in [9.17, 15) is 9.18 Å². The average molecular weight is 370 g/mol. The zero-order chi connectivity index (χ0) is 18.1. The van der Waals surface area contributed by atoms with E-state index < -0.39 is 11.5 Å². The lowest BCUT2D eigenvalue weighted by Gasteiger charge is -2.27. The number of aryl methyl sites for hydroxylation is 1. The molecule has 4 rings (SSSR count). The average Bonchev–Trinajstić information content (AvgIpc) is 3.08. The fraction of sp³-hybridized carbons (Fsp3) is 0.421. The van der Waals surface area contributed by atoms with Crippen LogP contribution >= 0.6 is 11.3 Å². The topological polar surface area (TPSA) is 68.6 Å². The molecule has 0 saturated heterocycles. The molecule has 0 bridgehead atoms.